The summed E-state index contributed by atoms with van der Waals surface area (Å²) in [6, 6.07) is 8.38. The summed E-state index contributed by atoms with van der Waals surface area (Å²) >= 11 is 3.26. The minimum Gasteiger partial charge on any atom is -0.476 e. The fourth-order valence-electron chi connectivity index (χ4n) is 1.72. The maximum atomic E-state index is 12.2. The van der Waals surface area contributed by atoms with Crippen molar-refractivity contribution in [3.63, 3.8) is 0 Å². The molecule has 0 amide bonds. The highest BCUT2D eigenvalue weighted by Gasteiger charge is 2.19. The number of halogens is 1. The molecule has 7 heteroatoms. The fourth-order valence-corrected chi connectivity index (χ4v) is 2.11. The summed E-state index contributed by atoms with van der Waals surface area (Å²) in [6.45, 7) is 1.39. The third-order valence-electron chi connectivity index (χ3n) is 2.70. The van der Waals surface area contributed by atoms with E-state index in [9.17, 15) is 9.59 Å². The summed E-state index contributed by atoms with van der Waals surface area (Å²) in [5.74, 6) is -1.29. The molecule has 0 unspecified atom stereocenters. The van der Waals surface area contributed by atoms with Gasteiger partial charge in [0.25, 0.3) is 5.56 Å². The van der Waals surface area contributed by atoms with Crippen LogP contribution < -0.4 is 5.56 Å². The molecule has 20 heavy (non-hydrogen) atoms. The van der Waals surface area contributed by atoms with Crippen LogP contribution in [0.4, 0.5) is 0 Å². The predicted molar refractivity (Wildman–Crippen MR) is 73.9 cm³/mol. The van der Waals surface area contributed by atoms with Crippen LogP contribution in [0.2, 0.25) is 0 Å². The van der Waals surface area contributed by atoms with Crippen LogP contribution >= 0.6 is 15.9 Å². The molecule has 0 saturated heterocycles. The first-order valence-corrected chi connectivity index (χ1v) is 6.28. The minimum atomic E-state index is -1.29. The van der Waals surface area contributed by atoms with Crippen molar-refractivity contribution >= 4 is 21.9 Å². The molecule has 0 fully saturated rings. The second-order valence-electron chi connectivity index (χ2n) is 3.96. The lowest BCUT2D eigenvalue weighted by Crippen LogP contribution is -2.28. The third-order valence-corrected chi connectivity index (χ3v) is 3.20. The zero-order chi connectivity index (χ0) is 14.9. The van der Waals surface area contributed by atoms with Gasteiger partial charge >= 0.3 is 5.97 Å². The Balaban J connectivity index is 2.85. The number of hydrogen-bond acceptors (Lipinski definition) is 4. The van der Waals surface area contributed by atoms with Crippen molar-refractivity contribution in [2.75, 3.05) is 0 Å². The average molecular weight is 334 g/mol. The van der Waals surface area contributed by atoms with Crippen LogP contribution in [0, 0.1) is 18.3 Å². The zero-order valence-corrected chi connectivity index (χ0v) is 11.9. The van der Waals surface area contributed by atoms with Crippen LogP contribution in [0.5, 0.6) is 0 Å². The minimum absolute atomic E-state index is 0.0660. The number of carboxylic acid groups (broad SMARTS) is 1. The van der Waals surface area contributed by atoms with E-state index in [0.717, 1.165) is 4.68 Å². The third kappa shape index (κ3) is 2.33. The molecule has 1 aromatic carbocycles. The first-order chi connectivity index (χ1) is 9.45. The van der Waals surface area contributed by atoms with E-state index in [4.69, 9.17) is 10.4 Å². The van der Waals surface area contributed by atoms with Gasteiger partial charge in [-0.1, -0.05) is 22.0 Å². The van der Waals surface area contributed by atoms with Crippen LogP contribution in [0.25, 0.3) is 5.69 Å². The molecule has 1 N–H and O–H groups in total. The maximum Gasteiger partial charge on any atom is 0.356 e. The number of hydrogen-bond donors (Lipinski definition) is 1. The highest BCUT2D eigenvalue weighted by molar-refractivity contribution is 9.10. The van der Waals surface area contributed by atoms with Crippen molar-refractivity contribution in [3.05, 3.63) is 55.9 Å². The van der Waals surface area contributed by atoms with E-state index in [1.807, 2.05) is 0 Å². The molecular formula is C13H8BrN3O3. The van der Waals surface area contributed by atoms with Crippen LogP contribution in [0.3, 0.4) is 0 Å². The van der Waals surface area contributed by atoms with Crippen molar-refractivity contribution in [2.45, 2.75) is 6.92 Å². The van der Waals surface area contributed by atoms with Gasteiger partial charge < -0.3 is 5.11 Å². The first kappa shape index (κ1) is 14.0. The molecule has 1 aromatic heterocycles. The molecule has 0 aliphatic carbocycles. The van der Waals surface area contributed by atoms with Gasteiger partial charge in [-0.15, -0.1) is 0 Å². The smallest absolute Gasteiger partial charge is 0.356 e. The number of carboxylic acids is 1. The summed E-state index contributed by atoms with van der Waals surface area (Å²) in [6.07, 6.45) is 0. The molecule has 100 valence electrons. The second kappa shape index (κ2) is 5.27. The van der Waals surface area contributed by atoms with Gasteiger partial charge in [0.05, 0.1) is 5.69 Å². The Morgan fingerprint density at radius 1 is 1.50 bits per heavy atom. The molecule has 0 aliphatic rings. The Morgan fingerprint density at radius 2 is 2.20 bits per heavy atom. The lowest BCUT2D eigenvalue weighted by atomic mass is 10.1. The largest absolute Gasteiger partial charge is 0.476 e. The van der Waals surface area contributed by atoms with Gasteiger partial charge in [-0.2, -0.15) is 15.0 Å². The van der Waals surface area contributed by atoms with Crippen molar-refractivity contribution in [2.24, 2.45) is 0 Å². The normalized spacial score (nSPS) is 10.1. The fraction of sp³-hybridized carbons (Fsp3) is 0.0769. The zero-order valence-electron chi connectivity index (χ0n) is 10.3. The van der Waals surface area contributed by atoms with Crippen molar-refractivity contribution in [1.82, 2.24) is 9.78 Å². The van der Waals surface area contributed by atoms with Gasteiger partial charge in [-0.05, 0) is 25.1 Å². The molecule has 2 rings (SSSR count). The first-order valence-electron chi connectivity index (χ1n) is 5.49. The van der Waals surface area contributed by atoms with E-state index >= 15 is 0 Å². The number of aromatic nitrogens is 2. The van der Waals surface area contributed by atoms with Gasteiger partial charge in [0.15, 0.2) is 5.69 Å². The summed E-state index contributed by atoms with van der Waals surface area (Å²) in [7, 11) is 0. The Labute approximate surface area is 122 Å². The topological polar surface area (TPSA) is 96.0 Å². The van der Waals surface area contributed by atoms with Crippen molar-refractivity contribution in [3.8, 4) is 11.8 Å². The average Bonchev–Trinajstić information content (AvgIpc) is 2.39. The van der Waals surface area contributed by atoms with E-state index in [-0.39, 0.29) is 16.8 Å². The molecular weight excluding hydrogens is 326 g/mol. The van der Waals surface area contributed by atoms with Crippen LogP contribution in [0.1, 0.15) is 21.6 Å². The molecule has 0 spiro atoms. The van der Waals surface area contributed by atoms with Gasteiger partial charge in [0.1, 0.15) is 11.6 Å². The molecule has 0 atom stereocenters. The van der Waals surface area contributed by atoms with Gasteiger partial charge in [0.2, 0.25) is 0 Å². The highest BCUT2D eigenvalue weighted by Crippen LogP contribution is 2.15. The molecule has 0 radical (unpaired) electrons. The van der Waals surface area contributed by atoms with E-state index in [2.05, 4.69) is 21.0 Å². The number of nitrogens with zero attached hydrogens (tertiary/aromatic N) is 3. The number of nitriles is 1. The summed E-state index contributed by atoms with van der Waals surface area (Å²) in [5, 5.41) is 22.0. The molecule has 6 nitrogen and oxygen atoms in total. The summed E-state index contributed by atoms with van der Waals surface area (Å²) in [4.78, 5) is 23.3. The molecule has 1 heterocycles. The van der Waals surface area contributed by atoms with E-state index < -0.39 is 11.5 Å². The van der Waals surface area contributed by atoms with Gasteiger partial charge in [0, 0.05) is 10.0 Å². The lowest BCUT2D eigenvalue weighted by Gasteiger charge is -2.09. The molecule has 0 bridgehead atoms. The van der Waals surface area contributed by atoms with E-state index in [0.29, 0.717) is 10.2 Å². The Bertz CT molecular complexity index is 805. The Kier molecular flexibility index (Phi) is 3.68. The Hall–Kier alpha value is -2.46. The van der Waals surface area contributed by atoms with E-state index in [1.165, 1.54) is 6.92 Å². The number of benzene rings is 1. The van der Waals surface area contributed by atoms with Crippen LogP contribution in [-0.4, -0.2) is 20.9 Å². The standard InChI is InChI=1S/C13H8BrN3O3/c1-7-10(6-15)12(18)17(16-11(7)13(19)20)9-4-2-3-8(14)5-9/h2-5H,1H3,(H,19,20). The van der Waals surface area contributed by atoms with Crippen LogP contribution in [-0.2, 0) is 0 Å². The number of carbonyl (C=O) groups is 1. The number of aromatic carboxylic acids is 1. The monoisotopic (exact) mass is 333 g/mol. The summed E-state index contributed by atoms with van der Waals surface area (Å²) in [5.41, 5.74) is -0.744. The quantitative estimate of drug-likeness (QED) is 0.904. The molecule has 0 aliphatic heterocycles. The predicted octanol–water partition coefficient (Wildman–Crippen LogP) is 1.87. The van der Waals surface area contributed by atoms with Crippen molar-refractivity contribution in [1.29, 1.82) is 5.26 Å². The second-order valence-corrected chi connectivity index (χ2v) is 4.88. The van der Waals surface area contributed by atoms with Gasteiger partial charge in [-0.25, -0.2) is 4.79 Å². The van der Waals surface area contributed by atoms with Crippen LogP contribution in [0.15, 0.2) is 33.5 Å². The highest BCUT2D eigenvalue weighted by atomic mass is 79.9. The summed E-state index contributed by atoms with van der Waals surface area (Å²) < 4.78 is 1.62. The van der Waals surface area contributed by atoms with Crippen molar-refractivity contribution < 1.29 is 9.90 Å². The molecule has 0 saturated carbocycles. The Morgan fingerprint density at radius 3 is 2.75 bits per heavy atom. The lowest BCUT2D eigenvalue weighted by molar-refractivity contribution is 0.0687. The SMILES string of the molecule is Cc1c(C(=O)O)nn(-c2cccc(Br)c2)c(=O)c1C#N. The molecule has 2 aromatic rings. The van der Waals surface area contributed by atoms with Gasteiger partial charge in [-0.3, -0.25) is 4.79 Å². The maximum absolute atomic E-state index is 12.2. The number of rotatable bonds is 2. The van der Waals surface area contributed by atoms with E-state index in [1.54, 1.807) is 30.3 Å².